The van der Waals surface area contributed by atoms with Gasteiger partial charge < -0.3 is 10.1 Å². The van der Waals surface area contributed by atoms with Crippen LogP contribution in [0.5, 0.6) is 0 Å². The van der Waals surface area contributed by atoms with Crippen molar-refractivity contribution >= 4 is 16.9 Å². The molecule has 96 valence electrons. The first kappa shape index (κ1) is 12.5. The third kappa shape index (κ3) is 3.04. The van der Waals surface area contributed by atoms with E-state index in [0.717, 1.165) is 11.9 Å². The van der Waals surface area contributed by atoms with Gasteiger partial charge in [0.15, 0.2) is 0 Å². The number of amides is 1. The Morgan fingerprint density at radius 3 is 3.06 bits per heavy atom. The van der Waals surface area contributed by atoms with E-state index in [1.165, 1.54) is 0 Å². The molecule has 1 aromatic carbocycles. The number of H-pyrrole nitrogens is 1. The zero-order chi connectivity index (χ0) is 12.8. The normalized spacial score (nSPS) is 10.7. The van der Waals surface area contributed by atoms with E-state index in [1.54, 1.807) is 18.2 Å². The van der Waals surface area contributed by atoms with E-state index in [2.05, 4.69) is 20.7 Å². The summed E-state index contributed by atoms with van der Waals surface area (Å²) in [6.45, 7) is 3.93. The van der Waals surface area contributed by atoms with Gasteiger partial charge in [0, 0.05) is 25.3 Å². The molecule has 0 aliphatic rings. The summed E-state index contributed by atoms with van der Waals surface area (Å²) in [5.74, 6) is -0.101. The minimum Gasteiger partial charge on any atom is -0.382 e. The van der Waals surface area contributed by atoms with E-state index >= 15 is 0 Å². The number of nitrogens with one attached hydrogen (secondary N) is 2. The van der Waals surface area contributed by atoms with Crippen LogP contribution in [0.3, 0.4) is 0 Å². The van der Waals surface area contributed by atoms with Gasteiger partial charge in [0.1, 0.15) is 11.0 Å². The van der Waals surface area contributed by atoms with Crippen LogP contribution in [0.15, 0.2) is 18.2 Å². The van der Waals surface area contributed by atoms with Crippen molar-refractivity contribution in [2.24, 2.45) is 0 Å². The fourth-order valence-electron chi connectivity index (χ4n) is 1.60. The Morgan fingerprint density at radius 1 is 1.39 bits per heavy atom. The number of fused-ring (bicyclic) bond motifs is 1. The lowest BCUT2D eigenvalue weighted by molar-refractivity contribution is 0.0944. The van der Waals surface area contributed by atoms with Gasteiger partial charge in [-0.25, -0.2) is 0 Å². The number of ether oxygens (including phenoxy) is 1. The Bertz CT molecular complexity index is 524. The second kappa shape index (κ2) is 6.11. The van der Waals surface area contributed by atoms with Gasteiger partial charge in [0.25, 0.3) is 5.91 Å². The third-order valence-electron chi connectivity index (χ3n) is 2.53. The number of hydrogen-bond acceptors (Lipinski definition) is 4. The molecule has 0 aliphatic heterocycles. The Hall–Kier alpha value is -1.95. The first-order valence-corrected chi connectivity index (χ1v) is 5.97. The van der Waals surface area contributed by atoms with E-state index in [4.69, 9.17) is 4.74 Å². The summed E-state index contributed by atoms with van der Waals surface area (Å²) in [6.07, 6.45) is 0.811. The highest BCUT2D eigenvalue weighted by molar-refractivity contribution is 5.97. The van der Waals surface area contributed by atoms with Crippen molar-refractivity contribution in [1.82, 2.24) is 20.7 Å². The molecule has 0 bridgehead atoms. The molecule has 1 aromatic heterocycles. The highest BCUT2D eigenvalue weighted by Gasteiger charge is 2.07. The Kier molecular flexibility index (Phi) is 4.25. The van der Waals surface area contributed by atoms with E-state index in [-0.39, 0.29) is 5.91 Å². The van der Waals surface area contributed by atoms with Crippen LogP contribution in [-0.4, -0.2) is 41.1 Å². The van der Waals surface area contributed by atoms with Crippen molar-refractivity contribution in [1.29, 1.82) is 0 Å². The summed E-state index contributed by atoms with van der Waals surface area (Å²) in [7, 11) is 0. The summed E-state index contributed by atoms with van der Waals surface area (Å²) < 4.78 is 5.19. The van der Waals surface area contributed by atoms with Crippen LogP contribution < -0.4 is 5.32 Å². The summed E-state index contributed by atoms with van der Waals surface area (Å²) >= 11 is 0. The van der Waals surface area contributed by atoms with Crippen LogP contribution in [0.4, 0.5) is 0 Å². The maximum absolute atomic E-state index is 11.8. The summed E-state index contributed by atoms with van der Waals surface area (Å²) in [5, 5.41) is 13.2. The average Bonchev–Trinajstić information content (AvgIpc) is 2.85. The predicted octanol–water partition coefficient (Wildman–Crippen LogP) is 1.11. The largest absolute Gasteiger partial charge is 0.382 e. The predicted molar refractivity (Wildman–Crippen MR) is 67.3 cm³/mol. The zero-order valence-electron chi connectivity index (χ0n) is 10.3. The highest BCUT2D eigenvalue weighted by Crippen LogP contribution is 2.10. The van der Waals surface area contributed by atoms with Gasteiger partial charge in [-0.3, -0.25) is 4.79 Å². The lowest BCUT2D eigenvalue weighted by atomic mass is 10.2. The van der Waals surface area contributed by atoms with E-state index in [1.807, 2.05) is 6.92 Å². The van der Waals surface area contributed by atoms with Crippen LogP contribution >= 0.6 is 0 Å². The lowest BCUT2D eigenvalue weighted by Crippen LogP contribution is -2.25. The number of carbonyl (C=O) groups is 1. The molecule has 0 fully saturated rings. The standard InChI is InChI=1S/C12H16N4O2/c1-2-18-7-3-6-13-12(17)9-4-5-10-11(8-9)15-16-14-10/h4-5,8H,2-3,6-7H2,1H3,(H,13,17)(H,14,15,16). The number of aromatic amines is 1. The van der Waals surface area contributed by atoms with Gasteiger partial charge >= 0.3 is 0 Å². The lowest BCUT2D eigenvalue weighted by Gasteiger charge is -2.05. The summed E-state index contributed by atoms with van der Waals surface area (Å²) in [4.78, 5) is 11.8. The van der Waals surface area contributed by atoms with Gasteiger partial charge in [-0.15, -0.1) is 0 Å². The fourth-order valence-corrected chi connectivity index (χ4v) is 1.60. The van der Waals surface area contributed by atoms with Crippen LogP contribution in [-0.2, 0) is 4.74 Å². The highest BCUT2D eigenvalue weighted by atomic mass is 16.5. The molecule has 0 atom stereocenters. The minimum absolute atomic E-state index is 0.101. The molecule has 2 N–H and O–H groups in total. The van der Waals surface area contributed by atoms with Crippen LogP contribution in [0.2, 0.25) is 0 Å². The van der Waals surface area contributed by atoms with Gasteiger partial charge in [0.2, 0.25) is 0 Å². The van der Waals surface area contributed by atoms with Crippen molar-refractivity contribution in [2.45, 2.75) is 13.3 Å². The fraction of sp³-hybridized carbons (Fsp3) is 0.417. The molecule has 0 radical (unpaired) electrons. The second-order valence-electron chi connectivity index (χ2n) is 3.83. The molecular formula is C12H16N4O2. The molecule has 0 aliphatic carbocycles. The van der Waals surface area contributed by atoms with Gasteiger partial charge in [-0.05, 0) is 31.5 Å². The molecule has 1 amide bonds. The summed E-state index contributed by atoms with van der Waals surface area (Å²) in [5.41, 5.74) is 2.03. The number of rotatable bonds is 6. The first-order chi connectivity index (χ1) is 8.81. The van der Waals surface area contributed by atoms with E-state index < -0.39 is 0 Å². The molecule has 0 saturated carbocycles. The second-order valence-corrected chi connectivity index (χ2v) is 3.83. The minimum atomic E-state index is -0.101. The monoisotopic (exact) mass is 248 g/mol. The van der Waals surface area contributed by atoms with Crippen molar-refractivity contribution in [3.05, 3.63) is 23.8 Å². The molecule has 0 spiro atoms. The number of nitrogens with zero attached hydrogens (tertiary/aromatic N) is 2. The van der Waals surface area contributed by atoms with Gasteiger partial charge in [-0.1, -0.05) is 0 Å². The molecule has 2 rings (SSSR count). The summed E-state index contributed by atoms with van der Waals surface area (Å²) in [6, 6.07) is 5.23. The Morgan fingerprint density at radius 2 is 2.22 bits per heavy atom. The third-order valence-corrected chi connectivity index (χ3v) is 2.53. The maximum atomic E-state index is 11.8. The molecule has 2 aromatic rings. The molecule has 0 unspecified atom stereocenters. The molecule has 0 saturated heterocycles. The van der Waals surface area contributed by atoms with E-state index in [0.29, 0.717) is 30.8 Å². The number of aromatic nitrogens is 3. The molecule has 18 heavy (non-hydrogen) atoms. The molecule has 1 heterocycles. The van der Waals surface area contributed by atoms with Gasteiger partial charge in [-0.2, -0.15) is 15.4 Å². The van der Waals surface area contributed by atoms with Crippen LogP contribution in [0.25, 0.3) is 11.0 Å². The number of benzene rings is 1. The zero-order valence-corrected chi connectivity index (χ0v) is 10.3. The van der Waals surface area contributed by atoms with Crippen molar-refractivity contribution < 1.29 is 9.53 Å². The quantitative estimate of drug-likeness (QED) is 0.750. The van der Waals surface area contributed by atoms with Crippen molar-refractivity contribution in [2.75, 3.05) is 19.8 Å². The average molecular weight is 248 g/mol. The SMILES string of the molecule is CCOCCCNC(=O)c1ccc2n[nH]nc2c1. The number of carbonyl (C=O) groups excluding carboxylic acids is 1. The molecular weight excluding hydrogens is 232 g/mol. The van der Waals surface area contributed by atoms with Crippen molar-refractivity contribution in [3.63, 3.8) is 0 Å². The van der Waals surface area contributed by atoms with Gasteiger partial charge in [0.05, 0.1) is 0 Å². The molecule has 6 nitrogen and oxygen atoms in total. The topological polar surface area (TPSA) is 79.9 Å². The van der Waals surface area contributed by atoms with Crippen molar-refractivity contribution in [3.8, 4) is 0 Å². The van der Waals surface area contributed by atoms with Crippen LogP contribution in [0, 0.1) is 0 Å². The van der Waals surface area contributed by atoms with Crippen LogP contribution in [0.1, 0.15) is 23.7 Å². The Labute approximate surface area is 105 Å². The first-order valence-electron chi connectivity index (χ1n) is 5.97. The van der Waals surface area contributed by atoms with E-state index in [9.17, 15) is 4.79 Å². The smallest absolute Gasteiger partial charge is 0.251 e. The number of hydrogen-bond donors (Lipinski definition) is 2. The maximum Gasteiger partial charge on any atom is 0.251 e. The molecule has 6 heteroatoms. The Balaban J connectivity index is 1.88.